The van der Waals surface area contributed by atoms with Crippen molar-refractivity contribution in [3.8, 4) is 39.5 Å². The van der Waals surface area contributed by atoms with Gasteiger partial charge in [0.05, 0.1) is 38.4 Å². The highest BCUT2D eigenvalue weighted by Gasteiger charge is 2.29. The van der Waals surface area contributed by atoms with Gasteiger partial charge in [-0.15, -0.1) is 0 Å². The summed E-state index contributed by atoms with van der Waals surface area (Å²) in [6, 6.07) is 18.5. The lowest BCUT2D eigenvalue weighted by Crippen LogP contribution is -2.39. The number of phenols is 1. The minimum absolute atomic E-state index is 0.0651. The summed E-state index contributed by atoms with van der Waals surface area (Å²) in [6.07, 6.45) is 2.06. The van der Waals surface area contributed by atoms with Gasteiger partial charge in [0.25, 0.3) is 0 Å². The van der Waals surface area contributed by atoms with Crippen molar-refractivity contribution in [3.05, 3.63) is 77.0 Å². The molecule has 0 unspecified atom stereocenters. The Morgan fingerprint density at radius 3 is 1.76 bits per heavy atom. The Morgan fingerprint density at radius 2 is 1.22 bits per heavy atom. The van der Waals surface area contributed by atoms with E-state index in [0.29, 0.717) is 5.75 Å². The molecule has 0 spiro atoms. The third kappa shape index (κ3) is 7.29. The number of nitrogens with zero attached hydrogens (tertiary/aromatic N) is 3. The van der Waals surface area contributed by atoms with Crippen molar-refractivity contribution in [2.45, 2.75) is 125 Å². The van der Waals surface area contributed by atoms with Crippen LogP contribution in [0.5, 0.6) is 5.75 Å². The molecule has 2 heterocycles. The van der Waals surface area contributed by atoms with Gasteiger partial charge < -0.3 is 9.67 Å². The van der Waals surface area contributed by atoms with Gasteiger partial charge in [-0.1, -0.05) is 130 Å². The fourth-order valence-corrected chi connectivity index (χ4v) is 9.81. The number of aromatic nitrogens is 3. The van der Waals surface area contributed by atoms with Crippen molar-refractivity contribution < 1.29 is 5.11 Å². The van der Waals surface area contributed by atoms with Crippen LogP contribution in [0.1, 0.15) is 84.6 Å². The molecule has 3 aromatic carbocycles. The van der Waals surface area contributed by atoms with Crippen LogP contribution in [-0.4, -0.2) is 35.8 Å². The summed E-state index contributed by atoms with van der Waals surface area (Å²) in [5.74, 6) is 1.10. The van der Waals surface area contributed by atoms with Crippen LogP contribution in [0.3, 0.4) is 0 Å². The number of pyridine rings is 1. The summed E-state index contributed by atoms with van der Waals surface area (Å²) in [4.78, 5) is 10.5. The average Bonchev–Trinajstić information content (AvgIpc) is 3.30. The molecule has 0 atom stereocenters. The summed E-state index contributed by atoms with van der Waals surface area (Å²) in [7, 11) is -1.22. The molecule has 0 aliphatic carbocycles. The predicted octanol–water partition coefficient (Wildman–Crippen LogP) is 11.0. The largest absolute Gasteiger partial charge is 0.507 e. The number of hydrogen-bond donors (Lipinski definition) is 1. The van der Waals surface area contributed by atoms with Gasteiger partial charge in [0.2, 0.25) is 0 Å². The number of imidazole rings is 1. The number of aromatic hydroxyl groups is 1. The summed E-state index contributed by atoms with van der Waals surface area (Å²) in [5, 5.41) is 14.8. The molecular formula is C44H61N3OSi2. The smallest absolute Gasteiger partial charge is 0.144 e. The first kappa shape index (κ1) is 37.8. The van der Waals surface area contributed by atoms with E-state index in [1.807, 2.05) is 0 Å². The SMILES string of the molecule is Cc1cnc(-c2cc(-c3cc([Si](C)(C)C)cc4c3nc(-c3cc(C(C)(C)C)cc(C(C)(C)C)c3O)n4C)cc(C(C)(C)C)c2)cc1[Si](C)(C)C. The molecule has 6 heteroatoms. The summed E-state index contributed by atoms with van der Waals surface area (Å²) < 4.78 is 2.20. The van der Waals surface area contributed by atoms with Crippen molar-refractivity contribution >= 4 is 37.6 Å². The zero-order valence-corrected chi connectivity index (χ0v) is 36.0. The van der Waals surface area contributed by atoms with Crippen molar-refractivity contribution in [2.24, 2.45) is 7.05 Å². The monoisotopic (exact) mass is 703 g/mol. The van der Waals surface area contributed by atoms with Crippen molar-refractivity contribution in [1.29, 1.82) is 0 Å². The Bertz CT molecular complexity index is 2100. The minimum atomic E-state index is -1.75. The van der Waals surface area contributed by atoms with Gasteiger partial charge in [-0.05, 0) is 75.8 Å². The molecule has 5 rings (SSSR count). The Labute approximate surface area is 304 Å². The molecule has 0 aliphatic rings. The zero-order valence-electron chi connectivity index (χ0n) is 34.0. The third-order valence-corrected chi connectivity index (χ3v) is 14.4. The highest BCUT2D eigenvalue weighted by molar-refractivity contribution is 6.89. The second-order valence-corrected chi connectivity index (χ2v) is 29.9. The molecule has 266 valence electrons. The van der Waals surface area contributed by atoms with Crippen LogP contribution in [0.15, 0.2) is 54.7 Å². The van der Waals surface area contributed by atoms with E-state index in [4.69, 9.17) is 9.97 Å². The second kappa shape index (κ2) is 12.3. The normalized spacial score (nSPS) is 13.4. The average molecular weight is 704 g/mol. The molecule has 0 fully saturated rings. The Kier molecular flexibility index (Phi) is 9.31. The number of fused-ring (bicyclic) bond motifs is 1. The van der Waals surface area contributed by atoms with E-state index in [2.05, 4.69) is 175 Å². The van der Waals surface area contributed by atoms with E-state index in [0.717, 1.165) is 50.4 Å². The highest BCUT2D eigenvalue weighted by atomic mass is 28.3. The van der Waals surface area contributed by atoms with E-state index in [1.54, 1.807) is 0 Å². The van der Waals surface area contributed by atoms with E-state index in [9.17, 15) is 5.11 Å². The van der Waals surface area contributed by atoms with Crippen LogP contribution in [-0.2, 0) is 23.3 Å². The Morgan fingerprint density at radius 1 is 0.640 bits per heavy atom. The molecular weight excluding hydrogens is 643 g/mol. The van der Waals surface area contributed by atoms with Crippen molar-refractivity contribution in [3.63, 3.8) is 0 Å². The molecule has 0 radical (unpaired) electrons. The van der Waals surface area contributed by atoms with Crippen LogP contribution in [0.4, 0.5) is 0 Å². The third-order valence-electron chi connectivity index (χ3n) is 10.2. The maximum atomic E-state index is 11.9. The van der Waals surface area contributed by atoms with Gasteiger partial charge >= 0.3 is 0 Å². The van der Waals surface area contributed by atoms with Crippen LogP contribution < -0.4 is 10.4 Å². The summed E-state index contributed by atoms with van der Waals surface area (Å²) in [6.45, 7) is 36.7. The van der Waals surface area contributed by atoms with E-state index in [1.165, 1.54) is 27.1 Å². The molecule has 2 aromatic heterocycles. The maximum absolute atomic E-state index is 11.9. The number of aryl methyl sites for hydroxylation is 2. The van der Waals surface area contributed by atoms with Crippen molar-refractivity contribution in [1.82, 2.24) is 14.5 Å². The summed E-state index contributed by atoms with van der Waals surface area (Å²) >= 11 is 0. The standard InChI is InChI=1S/C44H61N3OSi2/c1-27-26-45-36(25-38(27)50(15,16)17)29-18-28(19-30(20-29)42(2,3)4)33-23-32(49(12,13)14)24-37-39(33)46-41(47(37)11)34-21-31(43(5,6)7)22-35(40(34)48)44(8,9)10/h18-26,48H,1-17H3. The molecule has 5 aromatic rings. The van der Waals surface area contributed by atoms with Gasteiger partial charge in [0, 0.05) is 29.9 Å². The Hall–Kier alpha value is -3.49. The minimum Gasteiger partial charge on any atom is -0.507 e. The van der Waals surface area contributed by atoms with Crippen LogP contribution in [0.25, 0.3) is 44.8 Å². The second-order valence-electron chi connectivity index (χ2n) is 19.7. The Balaban J connectivity index is 1.88. The zero-order chi connectivity index (χ0) is 37.5. The predicted molar refractivity (Wildman–Crippen MR) is 223 cm³/mol. The molecule has 0 aliphatic heterocycles. The lowest BCUT2D eigenvalue weighted by Gasteiger charge is -2.27. The van der Waals surface area contributed by atoms with Gasteiger partial charge in [0.15, 0.2) is 0 Å². The quantitative estimate of drug-likeness (QED) is 0.185. The fraction of sp³-hybridized carbons (Fsp3) is 0.455. The molecule has 0 saturated heterocycles. The summed E-state index contributed by atoms with van der Waals surface area (Å²) in [5.41, 5.74) is 11.6. The first-order valence-electron chi connectivity index (χ1n) is 18.2. The number of rotatable bonds is 5. The van der Waals surface area contributed by atoms with Gasteiger partial charge in [-0.25, -0.2) is 4.98 Å². The van der Waals surface area contributed by atoms with Crippen molar-refractivity contribution in [2.75, 3.05) is 0 Å². The molecule has 0 amide bonds. The highest BCUT2D eigenvalue weighted by Crippen LogP contribution is 2.43. The molecule has 0 bridgehead atoms. The molecule has 1 N–H and O–H groups in total. The first-order valence-corrected chi connectivity index (χ1v) is 25.2. The topological polar surface area (TPSA) is 50.9 Å². The maximum Gasteiger partial charge on any atom is 0.144 e. The van der Waals surface area contributed by atoms with Crippen LogP contribution in [0.2, 0.25) is 39.3 Å². The number of hydrogen-bond acceptors (Lipinski definition) is 3. The van der Waals surface area contributed by atoms with Crippen LogP contribution >= 0.6 is 0 Å². The lowest BCUT2D eigenvalue weighted by atomic mass is 9.79. The van der Waals surface area contributed by atoms with E-state index < -0.39 is 16.1 Å². The molecule has 0 saturated carbocycles. The van der Waals surface area contributed by atoms with Gasteiger partial charge in [-0.3, -0.25) is 4.98 Å². The van der Waals surface area contributed by atoms with Gasteiger partial charge in [-0.2, -0.15) is 0 Å². The van der Waals surface area contributed by atoms with Gasteiger partial charge in [0.1, 0.15) is 11.6 Å². The van der Waals surface area contributed by atoms with Crippen LogP contribution in [0, 0.1) is 6.92 Å². The van der Waals surface area contributed by atoms with E-state index in [-0.39, 0.29) is 16.2 Å². The molecule has 50 heavy (non-hydrogen) atoms. The lowest BCUT2D eigenvalue weighted by molar-refractivity contribution is 0.446. The number of phenolic OH excluding ortho intramolecular Hbond substituents is 1. The molecule has 4 nitrogen and oxygen atoms in total. The van der Waals surface area contributed by atoms with E-state index >= 15 is 0 Å². The fourth-order valence-electron chi connectivity index (χ4n) is 6.84. The first-order chi connectivity index (χ1) is 22.7. The number of benzene rings is 3.